The van der Waals surface area contributed by atoms with Crippen LogP contribution >= 0.6 is 0 Å². The summed E-state index contributed by atoms with van der Waals surface area (Å²) < 4.78 is 6.74. The second-order valence-electron chi connectivity index (χ2n) is 11.3. The summed E-state index contributed by atoms with van der Waals surface area (Å²) in [7, 11) is 0. The van der Waals surface area contributed by atoms with E-state index in [4.69, 9.17) is 4.74 Å². The van der Waals surface area contributed by atoms with E-state index in [0.717, 1.165) is 22.4 Å². The van der Waals surface area contributed by atoms with Gasteiger partial charge in [0.05, 0.1) is 17.4 Å². The zero-order chi connectivity index (χ0) is 27.2. The van der Waals surface area contributed by atoms with Crippen LogP contribution < -0.4 is 10.6 Å². The molecule has 1 spiro atoms. The molecule has 8 heteroatoms. The SMILES string of the molecule is Cc1cccc(C)c1NC(=O)C1N(CCCO)C(=O)[C@@H]2[C@H](C(=O)NCc3ccccc3)[C@@]3(C)OC12CC3C. The number of aliphatic hydroxyl groups is 1. The topological polar surface area (TPSA) is 108 Å². The Balaban J connectivity index is 1.50. The zero-order valence-corrected chi connectivity index (χ0v) is 22.5. The Morgan fingerprint density at radius 3 is 2.42 bits per heavy atom. The molecule has 3 heterocycles. The minimum Gasteiger partial charge on any atom is -0.396 e. The first-order valence-electron chi connectivity index (χ1n) is 13.4. The molecule has 202 valence electrons. The third kappa shape index (κ3) is 4.01. The monoisotopic (exact) mass is 519 g/mol. The number of benzene rings is 2. The van der Waals surface area contributed by atoms with Crippen LogP contribution in [0.1, 0.15) is 43.4 Å². The van der Waals surface area contributed by atoms with Crippen LogP contribution in [0.4, 0.5) is 5.69 Å². The van der Waals surface area contributed by atoms with Crippen molar-refractivity contribution in [2.75, 3.05) is 18.5 Å². The fourth-order valence-electron chi connectivity index (χ4n) is 7.02. The summed E-state index contributed by atoms with van der Waals surface area (Å²) in [5, 5.41) is 15.7. The van der Waals surface area contributed by atoms with Gasteiger partial charge in [-0.3, -0.25) is 14.4 Å². The van der Waals surface area contributed by atoms with Crippen LogP contribution in [0.2, 0.25) is 0 Å². The van der Waals surface area contributed by atoms with Gasteiger partial charge in [-0.1, -0.05) is 55.5 Å². The predicted octanol–water partition coefficient (Wildman–Crippen LogP) is 2.95. The summed E-state index contributed by atoms with van der Waals surface area (Å²) in [5.74, 6) is -2.34. The number of anilines is 1. The molecular formula is C30H37N3O5. The van der Waals surface area contributed by atoms with E-state index >= 15 is 0 Å². The molecule has 0 radical (unpaired) electrons. The lowest BCUT2D eigenvalue weighted by molar-refractivity contribution is -0.146. The second-order valence-corrected chi connectivity index (χ2v) is 11.3. The fraction of sp³-hybridized carbons (Fsp3) is 0.500. The molecule has 0 aromatic heterocycles. The second kappa shape index (κ2) is 9.82. The molecule has 8 nitrogen and oxygen atoms in total. The number of fused-ring (bicyclic) bond motifs is 1. The molecule has 3 unspecified atom stereocenters. The summed E-state index contributed by atoms with van der Waals surface area (Å²) in [6.45, 7) is 8.25. The molecule has 3 N–H and O–H groups in total. The van der Waals surface area contributed by atoms with Gasteiger partial charge in [-0.05, 0) is 56.2 Å². The van der Waals surface area contributed by atoms with E-state index < -0.39 is 29.1 Å². The van der Waals surface area contributed by atoms with Crippen LogP contribution in [-0.2, 0) is 25.7 Å². The standard InChI is InChI=1S/C30H37N3O5/c1-18-10-8-11-19(2)24(18)32-27(36)25-30-16-20(3)29(4,38-30)22(23(30)28(37)33(25)14-9-15-34)26(35)31-17-21-12-6-5-7-13-21/h5-8,10-13,20,22-23,25,34H,9,14-17H2,1-4H3,(H,31,35)(H,32,36)/t20?,22-,23+,25?,29+,30?/m1/s1. The number of aryl methyl sites for hydroxylation is 2. The lowest BCUT2D eigenvalue weighted by Gasteiger charge is -2.36. The Morgan fingerprint density at radius 2 is 1.76 bits per heavy atom. The molecular weight excluding hydrogens is 482 g/mol. The summed E-state index contributed by atoms with van der Waals surface area (Å²) in [5.41, 5.74) is 1.54. The van der Waals surface area contributed by atoms with Gasteiger partial charge in [-0.2, -0.15) is 0 Å². The van der Waals surface area contributed by atoms with Gasteiger partial charge in [-0.25, -0.2) is 0 Å². The molecule has 2 aromatic carbocycles. The van der Waals surface area contributed by atoms with Crippen molar-refractivity contribution < 1.29 is 24.2 Å². The van der Waals surface area contributed by atoms with Crippen LogP contribution in [0.3, 0.4) is 0 Å². The lowest BCUT2D eigenvalue weighted by atomic mass is 9.62. The van der Waals surface area contributed by atoms with E-state index in [2.05, 4.69) is 10.6 Å². The lowest BCUT2D eigenvalue weighted by Crippen LogP contribution is -2.54. The maximum Gasteiger partial charge on any atom is 0.250 e. The highest BCUT2D eigenvalue weighted by atomic mass is 16.5. The summed E-state index contributed by atoms with van der Waals surface area (Å²) in [4.78, 5) is 43.3. The number of ether oxygens (including phenoxy) is 1. The van der Waals surface area contributed by atoms with Gasteiger partial charge in [0, 0.05) is 25.4 Å². The minimum absolute atomic E-state index is 0.0349. The van der Waals surface area contributed by atoms with Gasteiger partial charge >= 0.3 is 0 Å². The number of para-hydroxylation sites is 1. The number of carbonyl (C=O) groups excluding carboxylic acids is 3. The Hall–Kier alpha value is -3.23. The number of hydrogen-bond donors (Lipinski definition) is 3. The van der Waals surface area contributed by atoms with Crippen molar-refractivity contribution in [1.82, 2.24) is 10.2 Å². The maximum atomic E-state index is 14.0. The van der Waals surface area contributed by atoms with E-state index in [-0.39, 0.29) is 36.8 Å². The third-order valence-corrected chi connectivity index (χ3v) is 8.94. The van der Waals surface area contributed by atoms with E-state index in [1.54, 1.807) is 4.90 Å². The quantitative estimate of drug-likeness (QED) is 0.497. The van der Waals surface area contributed by atoms with Crippen molar-refractivity contribution in [2.45, 2.75) is 64.3 Å². The Morgan fingerprint density at radius 1 is 1.08 bits per heavy atom. The maximum absolute atomic E-state index is 14.0. The molecule has 38 heavy (non-hydrogen) atoms. The van der Waals surface area contributed by atoms with Crippen molar-refractivity contribution in [1.29, 1.82) is 0 Å². The number of rotatable bonds is 8. The first kappa shape index (κ1) is 26.4. The van der Waals surface area contributed by atoms with Crippen molar-refractivity contribution in [3.8, 4) is 0 Å². The van der Waals surface area contributed by atoms with Gasteiger partial charge in [-0.15, -0.1) is 0 Å². The van der Waals surface area contributed by atoms with Gasteiger partial charge in [0.25, 0.3) is 0 Å². The molecule has 3 aliphatic heterocycles. The smallest absolute Gasteiger partial charge is 0.250 e. The summed E-state index contributed by atoms with van der Waals surface area (Å²) >= 11 is 0. The molecule has 2 bridgehead atoms. The van der Waals surface area contributed by atoms with E-state index in [1.165, 1.54) is 0 Å². The number of carbonyl (C=O) groups is 3. The Labute approximate surface area is 223 Å². The largest absolute Gasteiger partial charge is 0.396 e. The molecule has 0 aliphatic carbocycles. The zero-order valence-electron chi connectivity index (χ0n) is 22.5. The average molecular weight is 520 g/mol. The van der Waals surface area contributed by atoms with Gasteiger partial charge in [0.2, 0.25) is 17.7 Å². The number of aliphatic hydroxyl groups excluding tert-OH is 1. The molecule has 6 atom stereocenters. The normalized spacial score (nSPS) is 31.4. The van der Waals surface area contributed by atoms with E-state index in [9.17, 15) is 19.5 Å². The Bertz CT molecular complexity index is 1230. The first-order chi connectivity index (χ1) is 18.1. The van der Waals surface area contributed by atoms with Crippen LogP contribution in [0, 0.1) is 31.6 Å². The average Bonchev–Trinajstić information content (AvgIpc) is 3.40. The summed E-state index contributed by atoms with van der Waals surface area (Å²) in [6.07, 6.45) is 0.836. The van der Waals surface area contributed by atoms with E-state index in [0.29, 0.717) is 19.4 Å². The van der Waals surface area contributed by atoms with Crippen molar-refractivity contribution in [2.24, 2.45) is 17.8 Å². The minimum atomic E-state index is -1.11. The van der Waals surface area contributed by atoms with Gasteiger partial charge in [0.1, 0.15) is 11.6 Å². The van der Waals surface area contributed by atoms with E-state index in [1.807, 2.05) is 76.2 Å². The number of nitrogens with one attached hydrogen (secondary N) is 2. The number of nitrogens with zero attached hydrogens (tertiary/aromatic N) is 1. The number of likely N-dealkylation sites (tertiary alicyclic amines) is 1. The van der Waals surface area contributed by atoms with Crippen LogP contribution in [0.15, 0.2) is 48.5 Å². The third-order valence-electron chi connectivity index (χ3n) is 8.94. The van der Waals surface area contributed by atoms with Crippen molar-refractivity contribution in [3.05, 3.63) is 65.2 Å². The molecule has 0 saturated carbocycles. The highest BCUT2D eigenvalue weighted by Gasteiger charge is 2.79. The molecule has 3 saturated heterocycles. The molecule has 2 aromatic rings. The highest BCUT2D eigenvalue weighted by Crippen LogP contribution is 2.65. The Kier molecular flexibility index (Phi) is 6.82. The predicted molar refractivity (Wildman–Crippen MR) is 143 cm³/mol. The molecule has 5 rings (SSSR count). The van der Waals surface area contributed by atoms with Gasteiger partial charge in [0.15, 0.2) is 0 Å². The van der Waals surface area contributed by atoms with Crippen LogP contribution in [-0.4, -0.2) is 58.1 Å². The molecule has 3 aliphatic rings. The van der Waals surface area contributed by atoms with Crippen LogP contribution in [0.5, 0.6) is 0 Å². The number of amides is 3. The first-order valence-corrected chi connectivity index (χ1v) is 13.4. The van der Waals surface area contributed by atoms with Gasteiger partial charge < -0.3 is 25.4 Å². The van der Waals surface area contributed by atoms with Crippen molar-refractivity contribution >= 4 is 23.4 Å². The van der Waals surface area contributed by atoms with Crippen LogP contribution in [0.25, 0.3) is 0 Å². The van der Waals surface area contributed by atoms with Crippen molar-refractivity contribution in [3.63, 3.8) is 0 Å². The summed E-state index contributed by atoms with van der Waals surface area (Å²) in [6, 6.07) is 14.5. The molecule has 3 fully saturated rings. The fourth-order valence-corrected chi connectivity index (χ4v) is 7.02. The highest BCUT2D eigenvalue weighted by molar-refractivity contribution is 6.04. The number of hydrogen-bond acceptors (Lipinski definition) is 5. The molecule has 3 amide bonds.